The minimum Gasteiger partial charge on any atom is -0.490 e. The molecule has 0 saturated heterocycles. The molecule has 0 fully saturated rings. The Labute approximate surface area is 157 Å². The van der Waals surface area contributed by atoms with E-state index >= 15 is 0 Å². The van der Waals surface area contributed by atoms with Gasteiger partial charge in [-0.3, -0.25) is 0 Å². The number of hydrogen-bond donors (Lipinski definition) is 0. The van der Waals surface area contributed by atoms with Crippen LogP contribution >= 0.6 is 11.6 Å². The Bertz CT molecular complexity index is 948. The molecule has 0 radical (unpaired) electrons. The second-order valence-corrected chi connectivity index (χ2v) is 6.24. The van der Waals surface area contributed by atoms with E-state index in [4.69, 9.17) is 16.3 Å². The lowest BCUT2D eigenvalue weighted by Gasteiger charge is -2.16. The molecule has 3 rings (SSSR count). The lowest BCUT2D eigenvalue weighted by atomic mass is 10.0. The highest BCUT2D eigenvalue weighted by Crippen LogP contribution is 2.29. The van der Waals surface area contributed by atoms with Gasteiger partial charge < -0.3 is 4.74 Å². The summed E-state index contributed by atoms with van der Waals surface area (Å²) in [6, 6.07) is 7.89. The van der Waals surface area contributed by atoms with E-state index in [-0.39, 0.29) is 29.0 Å². The molecule has 4 nitrogen and oxygen atoms in total. The normalized spacial score (nSPS) is 12.4. The molecule has 0 aliphatic carbocycles. The van der Waals surface area contributed by atoms with Crippen LogP contribution in [0.4, 0.5) is 17.6 Å². The third-order valence-electron chi connectivity index (χ3n) is 3.92. The number of aromatic nitrogens is 3. The first-order chi connectivity index (χ1) is 12.9. The largest absolute Gasteiger partial charge is 0.490 e. The molecule has 27 heavy (non-hydrogen) atoms. The van der Waals surface area contributed by atoms with Crippen molar-refractivity contribution in [1.29, 1.82) is 0 Å². The summed E-state index contributed by atoms with van der Waals surface area (Å²) >= 11 is 6.13. The predicted molar refractivity (Wildman–Crippen MR) is 91.6 cm³/mol. The van der Waals surface area contributed by atoms with Gasteiger partial charge in [0.15, 0.2) is 17.4 Å². The molecule has 0 N–H and O–H groups in total. The Morgan fingerprint density at radius 2 is 1.93 bits per heavy atom. The fourth-order valence-electron chi connectivity index (χ4n) is 2.49. The standard InChI is InChI=1S/C18H14ClF4N3O/c1-10(8-27-16-5-3-12(20)7-14(16)21)11-2-4-13(19)15(6-11)26-18(17(22)23)24-9-25-26/h2-7,9-10,17H,8H2,1H3/t10-/m1/s1. The van der Waals surface area contributed by atoms with Crippen molar-refractivity contribution >= 4 is 11.6 Å². The summed E-state index contributed by atoms with van der Waals surface area (Å²) in [5.74, 6) is -2.33. The summed E-state index contributed by atoms with van der Waals surface area (Å²) in [7, 11) is 0. The van der Waals surface area contributed by atoms with Gasteiger partial charge in [0.1, 0.15) is 12.1 Å². The fraction of sp³-hybridized carbons (Fsp3) is 0.222. The number of halogens is 5. The van der Waals surface area contributed by atoms with Gasteiger partial charge in [-0.25, -0.2) is 27.2 Å². The summed E-state index contributed by atoms with van der Waals surface area (Å²) in [5, 5.41) is 4.03. The van der Waals surface area contributed by atoms with E-state index in [1.54, 1.807) is 18.2 Å². The minimum atomic E-state index is -2.81. The predicted octanol–water partition coefficient (Wildman–Crippen LogP) is 5.32. The molecule has 0 aliphatic rings. The van der Waals surface area contributed by atoms with Crippen LogP contribution in [0.25, 0.3) is 5.69 Å². The maximum Gasteiger partial charge on any atom is 0.297 e. The highest BCUT2D eigenvalue weighted by molar-refractivity contribution is 6.32. The topological polar surface area (TPSA) is 39.9 Å². The highest BCUT2D eigenvalue weighted by atomic mass is 35.5. The first kappa shape index (κ1) is 19.2. The van der Waals surface area contributed by atoms with Gasteiger partial charge in [0, 0.05) is 12.0 Å². The Kier molecular flexibility index (Phi) is 5.65. The number of rotatable bonds is 6. The van der Waals surface area contributed by atoms with Gasteiger partial charge in [-0.1, -0.05) is 24.6 Å². The van der Waals surface area contributed by atoms with Gasteiger partial charge in [0.2, 0.25) is 0 Å². The van der Waals surface area contributed by atoms with Gasteiger partial charge >= 0.3 is 0 Å². The highest BCUT2D eigenvalue weighted by Gasteiger charge is 2.19. The molecule has 1 heterocycles. The fourth-order valence-corrected chi connectivity index (χ4v) is 2.68. The summed E-state index contributed by atoms with van der Waals surface area (Å²) < 4.78 is 59.1. The first-order valence-corrected chi connectivity index (χ1v) is 8.30. The Hall–Kier alpha value is -2.61. The third kappa shape index (κ3) is 4.21. The van der Waals surface area contributed by atoms with Crippen LogP contribution in [0.5, 0.6) is 5.75 Å². The molecule has 0 aliphatic heterocycles. The van der Waals surface area contributed by atoms with Crippen LogP contribution in [-0.4, -0.2) is 21.4 Å². The number of ether oxygens (including phenoxy) is 1. The van der Waals surface area contributed by atoms with E-state index in [9.17, 15) is 17.6 Å². The lowest BCUT2D eigenvalue weighted by molar-refractivity contribution is 0.137. The monoisotopic (exact) mass is 399 g/mol. The van der Waals surface area contributed by atoms with E-state index in [0.29, 0.717) is 5.56 Å². The lowest BCUT2D eigenvalue weighted by Crippen LogP contribution is -2.10. The van der Waals surface area contributed by atoms with E-state index in [1.807, 2.05) is 6.92 Å². The zero-order valence-corrected chi connectivity index (χ0v) is 14.8. The van der Waals surface area contributed by atoms with Crippen molar-refractivity contribution in [1.82, 2.24) is 14.8 Å². The van der Waals surface area contributed by atoms with Crippen molar-refractivity contribution in [2.24, 2.45) is 0 Å². The zero-order chi connectivity index (χ0) is 19.6. The van der Waals surface area contributed by atoms with Crippen molar-refractivity contribution in [2.45, 2.75) is 19.3 Å². The molecule has 0 amide bonds. The SMILES string of the molecule is C[C@H](COc1ccc(F)cc1F)c1ccc(Cl)c(-n2ncnc2C(F)F)c1. The summed E-state index contributed by atoms with van der Waals surface area (Å²) in [6.45, 7) is 1.90. The molecule has 1 atom stereocenters. The van der Waals surface area contributed by atoms with Crippen LogP contribution in [0.15, 0.2) is 42.7 Å². The first-order valence-electron chi connectivity index (χ1n) is 7.92. The molecule has 0 spiro atoms. The van der Waals surface area contributed by atoms with E-state index in [0.717, 1.165) is 23.1 Å². The van der Waals surface area contributed by atoms with E-state index in [2.05, 4.69) is 10.1 Å². The van der Waals surface area contributed by atoms with Crippen molar-refractivity contribution in [3.05, 3.63) is 70.8 Å². The molecule has 142 valence electrons. The van der Waals surface area contributed by atoms with Gasteiger partial charge in [0.05, 0.1) is 17.3 Å². The van der Waals surface area contributed by atoms with Crippen LogP contribution in [0.3, 0.4) is 0 Å². The van der Waals surface area contributed by atoms with Crippen molar-refractivity contribution in [2.75, 3.05) is 6.61 Å². The van der Waals surface area contributed by atoms with E-state index in [1.165, 1.54) is 6.07 Å². The summed E-state index contributed by atoms with van der Waals surface area (Å²) in [4.78, 5) is 3.55. The van der Waals surface area contributed by atoms with Crippen LogP contribution in [-0.2, 0) is 0 Å². The second kappa shape index (κ2) is 7.96. The summed E-state index contributed by atoms with van der Waals surface area (Å²) in [5.41, 5.74) is 0.967. The minimum absolute atomic E-state index is 0.0753. The molecular formula is C18H14ClF4N3O. The molecular weight excluding hydrogens is 386 g/mol. The van der Waals surface area contributed by atoms with Crippen LogP contribution in [0, 0.1) is 11.6 Å². The molecule has 2 aromatic carbocycles. The number of benzene rings is 2. The van der Waals surface area contributed by atoms with Crippen LogP contribution < -0.4 is 4.74 Å². The Morgan fingerprint density at radius 1 is 1.15 bits per heavy atom. The number of nitrogens with zero attached hydrogens (tertiary/aromatic N) is 3. The Balaban J connectivity index is 1.81. The quantitative estimate of drug-likeness (QED) is 0.527. The molecule has 0 saturated carbocycles. The average Bonchev–Trinajstić information content (AvgIpc) is 3.11. The molecule has 9 heteroatoms. The van der Waals surface area contributed by atoms with Crippen molar-refractivity contribution < 1.29 is 22.3 Å². The van der Waals surface area contributed by atoms with Gasteiger partial charge in [0.25, 0.3) is 6.43 Å². The van der Waals surface area contributed by atoms with E-state index < -0.39 is 23.9 Å². The third-order valence-corrected chi connectivity index (χ3v) is 4.24. The Morgan fingerprint density at radius 3 is 2.63 bits per heavy atom. The van der Waals surface area contributed by atoms with Crippen LogP contribution in [0.1, 0.15) is 30.7 Å². The number of hydrogen-bond acceptors (Lipinski definition) is 3. The summed E-state index contributed by atoms with van der Waals surface area (Å²) in [6.07, 6.45) is -1.79. The van der Waals surface area contributed by atoms with Gasteiger partial charge in [-0.05, 0) is 29.8 Å². The average molecular weight is 400 g/mol. The zero-order valence-electron chi connectivity index (χ0n) is 14.0. The van der Waals surface area contributed by atoms with Gasteiger partial charge in [-0.15, -0.1) is 0 Å². The maximum atomic E-state index is 13.7. The van der Waals surface area contributed by atoms with Gasteiger partial charge in [-0.2, -0.15) is 5.10 Å². The smallest absolute Gasteiger partial charge is 0.297 e. The number of alkyl halides is 2. The van der Waals surface area contributed by atoms with Crippen LogP contribution in [0.2, 0.25) is 5.02 Å². The maximum absolute atomic E-state index is 13.7. The van der Waals surface area contributed by atoms with Crippen molar-refractivity contribution in [3.63, 3.8) is 0 Å². The molecule has 1 aromatic heterocycles. The molecule has 3 aromatic rings. The second-order valence-electron chi connectivity index (χ2n) is 5.83. The van der Waals surface area contributed by atoms with Crippen molar-refractivity contribution in [3.8, 4) is 11.4 Å². The molecule has 0 unspecified atom stereocenters. The molecule has 0 bridgehead atoms.